The van der Waals surface area contributed by atoms with Gasteiger partial charge in [-0.25, -0.2) is 0 Å². The van der Waals surface area contributed by atoms with Crippen molar-refractivity contribution < 1.29 is 0 Å². The number of hydrogen-bond acceptors (Lipinski definition) is 1. The van der Waals surface area contributed by atoms with Gasteiger partial charge < -0.3 is 5.32 Å². The average Bonchev–Trinajstić information content (AvgIpc) is 2.11. The molecule has 1 aromatic rings. The smallest absolute Gasteiger partial charge is 0.00172 e. The lowest BCUT2D eigenvalue weighted by atomic mass is 10.1. The summed E-state index contributed by atoms with van der Waals surface area (Å²) in [5.41, 5.74) is 3.97. The quantitative estimate of drug-likeness (QED) is 0.718. The molecule has 0 bridgehead atoms. The highest BCUT2D eigenvalue weighted by molar-refractivity contribution is 5.51. The van der Waals surface area contributed by atoms with Crippen molar-refractivity contribution in [1.29, 1.82) is 0 Å². The molecule has 0 aliphatic carbocycles. The fraction of sp³-hybridized carbons (Fsp3) is 0.385. The second-order valence-corrected chi connectivity index (χ2v) is 3.72. The lowest BCUT2D eigenvalue weighted by Crippen LogP contribution is -2.05. The number of rotatable bonds is 4. The fourth-order valence-corrected chi connectivity index (χ4v) is 1.55. The van der Waals surface area contributed by atoms with E-state index >= 15 is 0 Å². The summed E-state index contributed by atoms with van der Waals surface area (Å²) in [6, 6.07) is 6.62. The van der Waals surface area contributed by atoms with E-state index in [4.69, 9.17) is 0 Å². The fourth-order valence-electron chi connectivity index (χ4n) is 1.55. The molecule has 0 aliphatic rings. The Morgan fingerprint density at radius 1 is 1.14 bits per heavy atom. The van der Waals surface area contributed by atoms with Crippen LogP contribution in [0.3, 0.4) is 0 Å². The zero-order chi connectivity index (χ0) is 10.4. The van der Waals surface area contributed by atoms with Crippen LogP contribution in [0.2, 0.25) is 0 Å². The van der Waals surface area contributed by atoms with E-state index in [1.807, 2.05) is 7.05 Å². The Morgan fingerprint density at radius 3 is 2.36 bits per heavy atom. The normalized spacial score (nSPS) is 11.1. The molecule has 0 heterocycles. The van der Waals surface area contributed by atoms with Gasteiger partial charge in [-0.05, 0) is 39.4 Å². The maximum absolute atomic E-state index is 3.13. The lowest BCUT2D eigenvalue weighted by molar-refractivity contribution is 0.809. The van der Waals surface area contributed by atoms with Gasteiger partial charge in [-0.2, -0.15) is 0 Å². The van der Waals surface area contributed by atoms with Crippen molar-refractivity contribution in [1.82, 2.24) is 5.32 Å². The first-order valence-electron chi connectivity index (χ1n) is 5.12. The van der Waals surface area contributed by atoms with Gasteiger partial charge in [0, 0.05) is 0 Å². The molecule has 1 heteroatoms. The third-order valence-corrected chi connectivity index (χ3v) is 2.12. The minimum absolute atomic E-state index is 1.04. The summed E-state index contributed by atoms with van der Waals surface area (Å²) in [4.78, 5) is 0. The van der Waals surface area contributed by atoms with E-state index in [0.29, 0.717) is 0 Å². The Bertz CT molecular complexity index is 293. The summed E-state index contributed by atoms with van der Waals surface area (Å²) in [6.07, 6.45) is 5.49. The molecule has 1 rings (SSSR count). The predicted octanol–water partition coefficient (Wildman–Crippen LogP) is 2.93. The molecule has 0 fully saturated rings. The van der Waals surface area contributed by atoms with Crippen LogP contribution in [-0.2, 0) is 0 Å². The highest BCUT2D eigenvalue weighted by Gasteiger charge is 1.91. The largest absolute Gasteiger partial charge is 0.319 e. The van der Waals surface area contributed by atoms with Crippen LogP contribution in [-0.4, -0.2) is 13.6 Å². The number of nitrogens with one attached hydrogen (secondary N) is 1. The molecule has 1 aromatic carbocycles. The van der Waals surface area contributed by atoms with Gasteiger partial charge in [0.1, 0.15) is 0 Å². The maximum Gasteiger partial charge on any atom is -0.00172 e. The summed E-state index contributed by atoms with van der Waals surface area (Å²) >= 11 is 0. The predicted molar refractivity (Wildman–Crippen MR) is 63.5 cm³/mol. The molecule has 14 heavy (non-hydrogen) atoms. The minimum atomic E-state index is 1.04. The average molecular weight is 189 g/mol. The van der Waals surface area contributed by atoms with E-state index in [0.717, 1.165) is 13.0 Å². The molecule has 0 aromatic heterocycles. The molecule has 0 spiro atoms. The van der Waals surface area contributed by atoms with Crippen molar-refractivity contribution in [2.24, 2.45) is 0 Å². The summed E-state index contributed by atoms with van der Waals surface area (Å²) < 4.78 is 0. The van der Waals surface area contributed by atoms with Crippen molar-refractivity contribution in [2.75, 3.05) is 13.6 Å². The molecular formula is C13H19N. The SMILES string of the molecule is CNCCC=Cc1cc(C)cc(C)c1. The first-order valence-corrected chi connectivity index (χ1v) is 5.12. The number of hydrogen-bond donors (Lipinski definition) is 1. The molecule has 1 nitrogen and oxygen atoms in total. The van der Waals surface area contributed by atoms with Crippen molar-refractivity contribution in [3.63, 3.8) is 0 Å². The van der Waals surface area contributed by atoms with Crippen LogP contribution < -0.4 is 5.32 Å². The summed E-state index contributed by atoms with van der Waals surface area (Å²) in [5.74, 6) is 0. The van der Waals surface area contributed by atoms with E-state index in [1.165, 1.54) is 16.7 Å². The second-order valence-electron chi connectivity index (χ2n) is 3.72. The number of benzene rings is 1. The van der Waals surface area contributed by atoms with E-state index in [-0.39, 0.29) is 0 Å². The molecule has 0 unspecified atom stereocenters. The Hall–Kier alpha value is -1.08. The Labute approximate surface area is 86.8 Å². The van der Waals surface area contributed by atoms with E-state index in [2.05, 4.69) is 49.5 Å². The molecule has 0 saturated heterocycles. The molecular weight excluding hydrogens is 170 g/mol. The monoisotopic (exact) mass is 189 g/mol. The van der Waals surface area contributed by atoms with Crippen LogP contribution in [0.5, 0.6) is 0 Å². The van der Waals surface area contributed by atoms with Crippen LogP contribution in [0.4, 0.5) is 0 Å². The Morgan fingerprint density at radius 2 is 1.79 bits per heavy atom. The highest BCUT2D eigenvalue weighted by Crippen LogP contribution is 2.10. The van der Waals surface area contributed by atoms with Crippen molar-refractivity contribution in [3.8, 4) is 0 Å². The van der Waals surface area contributed by atoms with E-state index < -0.39 is 0 Å². The van der Waals surface area contributed by atoms with Crippen LogP contribution in [0.1, 0.15) is 23.1 Å². The van der Waals surface area contributed by atoms with Gasteiger partial charge in [-0.1, -0.05) is 41.5 Å². The van der Waals surface area contributed by atoms with Gasteiger partial charge in [0.05, 0.1) is 0 Å². The first kappa shape index (κ1) is 11.0. The minimum Gasteiger partial charge on any atom is -0.319 e. The second kappa shape index (κ2) is 5.61. The van der Waals surface area contributed by atoms with Crippen molar-refractivity contribution in [2.45, 2.75) is 20.3 Å². The molecule has 76 valence electrons. The lowest BCUT2D eigenvalue weighted by Gasteiger charge is -1.99. The van der Waals surface area contributed by atoms with Gasteiger partial charge in [0.15, 0.2) is 0 Å². The van der Waals surface area contributed by atoms with Gasteiger partial charge >= 0.3 is 0 Å². The standard InChI is InChI=1S/C13H19N/c1-11-8-12(2)10-13(9-11)6-4-5-7-14-3/h4,6,8-10,14H,5,7H2,1-3H3. The zero-order valence-electron chi connectivity index (χ0n) is 9.30. The van der Waals surface area contributed by atoms with Crippen molar-refractivity contribution in [3.05, 3.63) is 41.0 Å². The zero-order valence-corrected chi connectivity index (χ0v) is 9.30. The molecule has 0 atom stereocenters. The summed E-state index contributed by atoms with van der Waals surface area (Å²) in [7, 11) is 1.98. The first-order chi connectivity index (χ1) is 6.72. The van der Waals surface area contributed by atoms with Crippen molar-refractivity contribution >= 4 is 6.08 Å². The van der Waals surface area contributed by atoms with Crippen LogP contribution in [0, 0.1) is 13.8 Å². The highest BCUT2D eigenvalue weighted by atomic mass is 14.8. The Balaban J connectivity index is 2.62. The third kappa shape index (κ3) is 3.75. The van der Waals surface area contributed by atoms with Crippen LogP contribution in [0.25, 0.3) is 6.08 Å². The molecule has 0 saturated carbocycles. The molecule has 0 amide bonds. The van der Waals surface area contributed by atoms with E-state index in [9.17, 15) is 0 Å². The van der Waals surface area contributed by atoms with Gasteiger partial charge in [0.25, 0.3) is 0 Å². The third-order valence-electron chi connectivity index (χ3n) is 2.12. The maximum atomic E-state index is 3.13. The topological polar surface area (TPSA) is 12.0 Å². The molecule has 0 aliphatic heterocycles. The van der Waals surface area contributed by atoms with Gasteiger partial charge in [0.2, 0.25) is 0 Å². The van der Waals surface area contributed by atoms with Crippen LogP contribution >= 0.6 is 0 Å². The Kier molecular flexibility index (Phi) is 4.41. The van der Waals surface area contributed by atoms with Gasteiger partial charge in [-0.3, -0.25) is 0 Å². The van der Waals surface area contributed by atoms with Gasteiger partial charge in [-0.15, -0.1) is 0 Å². The molecule has 1 N–H and O–H groups in total. The molecule has 0 radical (unpaired) electrons. The summed E-state index contributed by atoms with van der Waals surface area (Å²) in [6.45, 7) is 5.32. The van der Waals surface area contributed by atoms with Crippen LogP contribution in [0.15, 0.2) is 24.3 Å². The van der Waals surface area contributed by atoms with E-state index in [1.54, 1.807) is 0 Å². The number of aryl methyl sites for hydroxylation is 2. The summed E-state index contributed by atoms with van der Waals surface area (Å²) in [5, 5.41) is 3.13.